The Balaban J connectivity index is 0.00000288. The Kier molecular flexibility index (Phi) is 9.78. The largest absolute Gasteiger partial charge is 0.493 e. The van der Waals surface area contributed by atoms with Crippen molar-refractivity contribution in [2.75, 3.05) is 13.7 Å². The fraction of sp³-hybridized carbons (Fsp3) is 0.389. The molecule has 0 aliphatic heterocycles. The number of guanidine groups is 1. The Morgan fingerprint density at radius 2 is 1.83 bits per heavy atom. The molecule has 2 aromatic rings. The predicted molar refractivity (Wildman–Crippen MR) is 114 cm³/mol. The molecule has 132 valence electrons. The Morgan fingerprint density at radius 1 is 1.12 bits per heavy atom. The first kappa shape index (κ1) is 20.8. The molecule has 2 rings (SSSR count). The van der Waals surface area contributed by atoms with E-state index in [1.165, 1.54) is 10.4 Å². The quantitative estimate of drug-likeness (QED) is 0.370. The van der Waals surface area contributed by atoms with Crippen LogP contribution in [0.4, 0.5) is 0 Å². The van der Waals surface area contributed by atoms with Crippen LogP contribution in [0.25, 0.3) is 0 Å². The van der Waals surface area contributed by atoms with Gasteiger partial charge < -0.3 is 15.4 Å². The van der Waals surface area contributed by atoms with Crippen molar-refractivity contribution in [3.63, 3.8) is 0 Å². The number of ether oxygens (including phenoxy) is 1. The van der Waals surface area contributed by atoms with Crippen LogP contribution >= 0.6 is 35.3 Å². The number of rotatable bonds is 7. The smallest absolute Gasteiger partial charge is 0.191 e. The summed E-state index contributed by atoms with van der Waals surface area (Å²) in [4.78, 5) is 5.53. The van der Waals surface area contributed by atoms with Gasteiger partial charge in [0.1, 0.15) is 5.75 Å². The van der Waals surface area contributed by atoms with E-state index >= 15 is 0 Å². The molecule has 1 aromatic heterocycles. The van der Waals surface area contributed by atoms with Gasteiger partial charge in [-0.15, -0.1) is 35.3 Å². The third kappa shape index (κ3) is 7.53. The normalized spacial score (nSPS) is 11.1. The molecule has 0 unspecified atom stereocenters. The summed E-state index contributed by atoms with van der Waals surface area (Å²) < 4.78 is 5.69. The van der Waals surface area contributed by atoms with Crippen molar-refractivity contribution in [3.8, 4) is 5.75 Å². The summed E-state index contributed by atoms with van der Waals surface area (Å²) in [5.41, 5.74) is 1.20. The van der Waals surface area contributed by atoms with Gasteiger partial charge in [0.05, 0.1) is 13.2 Å². The van der Waals surface area contributed by atoms with Crippen molar-refractivity contribution >= 4 is 41.3 Å². The second-order valence-corrected chi connectivity index (χ2v) is 6.74. The molecule has 1 aromatic carbocycles. The minimum absolute atomic E-state index is 0. The van der Waals surface area contributed by atoms with Gasteiger partial charge in [-0.1, -0.05) is 32.0 Å². The molecule has 2 N–H and O–H groups in total. The van der Waals surface area contributed by atoms with Crippen molar-refractivity contribution in [3.05, 3.63) is 52.2 Å². The van der Waals surface area contributed by atoms with Crippen molar-refractivity contribution < 1.29 is 4.74 Å². The number of halogens is 1. The second-order valence-electron chi connectivity index (χ2n) is 5.71. The lowest BCUT2D eigenvalue weighted by atomic mass is 10.2. The van der Waals surface area contributed by atoms with E-state index in [4.69, 9.17) is 4.74 Å². The average Bonchev–Trinajstić information content (AvgIpc) is 3.07. The lowest BCUT2D eigenvalue weighted by molar-refractivity contribution is 0.271. The minimum atomic E-state index is 0. The lowest BCUT2D eigenvalue weighted by Crippen LogP contribution is -2.36. The molecule has 0 aliphatic carbocycles. The van der Waals surface area contributed by atoms with E-state index in [9.17, 15) is 0 Å². The third-order valence-corrected chi connectivity index (χ3v) is 4.08. The Hall–Kier alpha value is -1.28. The summed E-state index contributed by atoms with van der Waals surface area (Å²) in [5.74, 6) is 2.26. The van der Waals surface area contributed by atoms with Crippen molar-refractivity contribution in [1.29, 1.82) is 0 Å². The summed E-state index contributed by atoms with van der Waals surface area (Å²) in [6, 6.07) is 12.4. The van der Waals surface area contributed by atoms with E-state index in [2.05, 4.69) is 59.1 Å². The Bertz CT molecular complexity index is 597. The highest BCUT2D eigenvalue weighted by Gasteiger charge is 2.01. The van der Waals surface area contributed by atoms with Crippen molar-refractivity contribution in [1.82, 2.24) is 10.6 Å². The molecule has 4 nitrogen and oxygen atoms in total. The van der Waals surface area contributed by atoms with Crippen LogP contribution in [-0.4, -0.2) is 19.6 Å². The molecule has 0 radical (unpaired) electrons. The number of benzene rings is 1. The first-order valence-electron chi connectivity index (χ1n) is 7.86. The van der Waals surface area contributed by atoms with E-state index in [-0.39, 0.29) is 24.0 Å². The number of nitrogens with zero attached hydrogens (tertiary/aromatic N) is 1. The lowest BCUT2D eigenvalue weighted by Gasteiger charge is -2.12. The predicted octanol–water partition coefficient (Wildman–Crippen LogP) is 4.27. The van der Waals surface area contributed by atoms with Gasteiger partial charge in [-0.3, -0.25) is 4.99 Å². The molecule has 0 bridgehead atoms. The van der Waals surface area contributed by atoms with Crippen LogP contribution in [0.5, 0.6) is 5.75 Å². The molecule has 0 saturated heterocycles. The van der Waals surface area contributed by atoms with Gasteiger partial charge >= 0.3 is 0 Å². The minimum Gasteiger partial charge on any atom is -0.493 e. The Morgan fingerprint density at radius 3 is 2.42 bits per heavy atom. The summed E-state index contributed by atoms with van der Waals surface area (Å²) in [5, 5.41) is 8.71. The molecular formula is C18H26IN3OS. The molecule has 0 fully saturated rings. The zero-order chi connectivity index (χ0) is 16.5. The van der Waals surface area contributed by atoms with Crippen LogP contribution in [0, 0.1) is 5.92 Å². The molecule has 24 heavy (non-hydrogen) atoms. The summed E-state index contributed by atoms with van der Waals surface area (Å²) in [6.45, 7) is 6.56. The zero-order valence-electron chi connectivity index (χ0n) is 14.4. The maximum Gasteiger partial charge on any atom is 0.191 e. The van der Waals surface area contributed by atoms with Crippen molar-refractivity contribution in [2.45, 2.75) is 26.9 Å². The molecule has 0 aliphatic rings. The van der Waals surface area contributed by atoms with Gasteiger partial charge in [0.2, 0.25) is 0 Å². The standard InChI is InChI=1S/C18H25N3OS.HI/c1-14(2)13-22-16-8-6-15(7-9-16)11-20-18(19-3)21-12-17-5-4-10-23-17;/h4-10,14H,11-13H2,1-3H3,(H2,19,20,21);1H. The molecule has 0 amide bonds. The summed E-state index contributed by atoms with van der Waals surface area (Å²) in [7, 11) is 1.78. The van der Waals surface area contributed by atoms with Gasteiger partial charge in [0.15, 0.2) is 5.96 Å². The van der Waals surface area contributed by atoms with Crippen molar-refractivity contribution in [2.24, 2.45) is 10.9 Å². The van der Waals surface area contributed by atoms with E-state index in [1.807, 2.05) is 12.1 Å². The molecular weight excluding hydrogens is 433 g/mol. The molecule has 6 heteroatoms. The topological polar surface area (TPSA) is 45.7 Å². The number of thiophene rings is 1. The molecule has 0 atom stereocenters. The van der Waals surface area contributed by atoms with E-state index in [0.29, 0.717) is 5.92 Å². The third-order valence-electron chi connectivity index (χ3n) is 3.20. The Labute approximate surface area is 165 Å². The SMILES string of the molecule is CN=C(NCc1ccc(OCC(C)C)cc1)NCc1cccs1.I. The van der Waals surface area contributed by atoms with E-state index < -0.39 is 0 Å². The highest BCUT2D eigenvalue weighted by atomic mass is 127. The van der Waals surface area contributed by atoms with Gasteiger partial charge in [0.25, 0.3) is 0 Å². The first-order valence-corrected chi connectivity index (χ1v) is 8.74. The van der Waals surface area contributed by atoms with Crippen LogP contribution < -0.4 is 15.4 Å². The number of nitrogens with one attached hydrogen (secondary N) is 2. The van der Waals surface area contributed by atoms with Crippen LogP contribution in [0.15, 0.2) is 46.8 Å². The summed E-state index contributed by atoms with van der Waals surface area (Å²) >= 11 is 1.74. The highest BCUT2D eigenvalue weighted by Crippen LogP contribution is 2.13. The number of hydrogen-bond acceptors (Lipinski definition) is 3. The van der Waals surface area contributed by atoms with Crippen LogP contribution in [0.2, 0.25) is 0 Å². The molecule has 0 saturated carbocycles. The fourth-order valence-corrected chi connectivity index (χ4v) is 2.60. The van der Waals surface area contributed by atoms with Crippen LogP contribution in [0.1, 0.15) is 24.3 Å². The van der Waals surface area contributed by atoms with E-state index in [1.54, 1.807) is 18.4 Å². The summed E-state index contributed by atoms with van der Waals surface area (Å²) in [6.07, 6.45) is 0. The zero-order valence-corrected chi connectivity index (χ0v) is 17.6. The van der Waals surface area contributed by atoms with Gasteiger partial charge in [-0.2, -0.15) is 0 Å². The van der Waals surface area contributed by atoms with E-state index in [0.717, 1.165) is 31.4 Å². The molecule has 0 spiro atoms. The average molecular weight is 459 g/mol. The first-order chi connectivity index (χ1) is 11.2. The maximum absolute atomic E-state index is 5.69. The maximum atomic E-state index is 5.69. The van der Waals surface area contributed by atoms with Crippen LogP contribution in [0.3, 0.4) is 0 Å². The molecule has 1 heterocycles. The monoisotopic (exact) mass is 459 g/mol. The van der Waals surface area contributed by atoms with Gasteiger partial charge in [0, 0.05) is 18.5 Å². The highest BCUT2D eigenvalue weighted by molar-refractivity contribution is 14.0. The van der Waals surface area contributed by atoms with Crippen LogP contribution in [-0.2, 0) is 13.1 Å². The van der Waals surface area contributed by atoms with Gasteiger partial charge in [-0.25, -0.2) is 0 Å². The number of aliphatic imine (C=N–C) groups is 1. The van der Waals surface area contributed by atoms with Gasteiger partial charge in [-0.05, 0) is 35.1 Å². The second kappa shape index (κ2) is 11.3. The fourth-order valence-electron chi connectivity index (χ4n) is 1.96. The number of hydrogen-bond donors (Lipinski definition) is 2.